The van der Waals surface area contributed by atoms with E-state index in [1.54, 1.807) is 4.68 Å². The molecule has 6 nitrogen and oxygen atoms in total. The molecule has 0 bridgehead atoms. The molecule has 1 fully saturated rings. The smallest absolute Gasteiger partial charge is 0.168 e. The van der Waals surface area contributed by atoms with Crippen molar-refractivity contribution >= 4 is 11.6 Å². The van der Waals surface area contributed by atoms with Crippen molar-refractivity contribution in [2.24, 2.45) is 0 Å². The number of hydrogen-bond donors (Lipinski definition) is 3. The molecule has 0 saturated carbocycles. The molecule has 1 aliphatic heterocycles. The van der Waals surface area contributed by atoms with Crippen LogP contribution in [0.1, 0.15) is 25.3 Å². The zero-order chi connectivity index (χ0) is 12.3. The minimum Gasteiger partial charge on any atom is -0.383 e. The van der Waals surface area contributed by atoms with Gasteiger partial charge in [0, 0.05) is 19.6 Å². The van der Waals surface area contributed by atoms with Crippen LogP contribution in [-0.4, -0.2) is 28.9 Å². The number of aromatic nitrogens is 2. The van der Waals surface area contributed by atoms with E-state index >= 15 is 0 Å². The average molecular weight is 234 g/mol. The molecule has 6 heteroatoms. The highest BCUT2D eigenvalue weighted by atomic mass is 15.4. The Hall–Kier alpha value is -1.74. The van der Waals surface area contributed by atoms with Crippen molar-refractivity contribution < 1.29 is 0 Å². The molecular weight excluding hydrogens is 216 g/mol. The standard InChI is InChI=1S/C11H18N6/c1-2-3-4-17-10(13)9(5-12)11(16-17)15-8-6-14-7-8/h8,14H,2-4,6-7,13H2,1H3,(H,15,16). The maximum Gasteiger partial charge on any atom is 0.168 e. The molecule has 1 saturated heterocycles. The first-order valence-corrected chi connectivity index (χ1v) is 6.00. The van der Waals surface area contributed by atoms with Crippen LogP contribution < -0.4 is 16.4 Å². The molecule has 1 aliphatic rings. The summed E-state index contributed by atoms with van der Waals surface area (Å²) in [6.07, 6.45) is 2.09. The number of unbranched alkanes of at least 4 members (excludes halogenated alkanes) is 1. The molecule has 17 heavy (non-hydrogen) atoms. The summed E-state index contributed by atoms with van der Waals surface area (Å²) in [5, 5.41) is 19.9. The van der Waals surface area contributed by atoms with Crippen LogP contribution in [-0.2, 0) is 6.54 Å². The van der Waals surface area contributed by atoms with Gasteiger partial charge in [0.25, 0.3) is 0 Å². The Labute approximate surface area is 101 Å². The van der Waals surface area contributed by atoms with E-state index in [4.69, 9.17) is 11.0 Å². The van der Waals surface area contributed by atoms with Crippen molar-refractivity contribution in [1.82, 2.24) is 15.1 Å². The third-order valence-electron chi connectivity index (χ3n) is 2.95. The Kier molecular flexibility index (Phi) is 3.49. The van der Waals surface area contributed by atoms with Gasteiger partial charge in [-0.25, -0.2) is 4.68 Å². The van der Waals surface area contributed by atoms with Crippen LogP contribution in [0.25, 0.3) is 0 Å². The van der Waals surface area contributed by atoms with Crippen LogP contribution in [0.3, 0.4) is 0 Å². The average Bonchev–Trinajstić information content (AvgIpc) is 2.57. The molecule has 0 unspecified atom stereocenters. The topological polar surface area (TPSA) is 91.7 Å². The molecular formula is C11H18N6. The second kappa shape index (κ2) is 5.06. The van der Waals surface area contributed by atoms with Crippen LogP contribution in [0.4, 0.5) is 11.6 Å². The zero-order valence-corrected chi connectivity index (χ0v) is 10.0. The number of rotatable bonds is 5. The van der Waals surface area contributed by atoms with Gasteiger partial charge in [-0.15, -0.1) is 0 Å². The van der Waals surface area contributed by atoms with Crippen molar-refractivity contribution in [2.75, 3.05) is 24.1 Å². The highest BCUT2D eigenvalue weighted by molar-refractivity contribution is 5.64. The lowest BCUT2D eigenvalue weighted by molar-refractivity contribution is 0.469. The Morgan fingerprint density at radius 1 is 1.65 bits per heavy atom. The monoisotopic (exact) mass is 234 g/mol. The Bertz CT molecular complexity index is 426. The maximum atomic E-state index is 9.10. The number of nitriles is 1. The number of aryl methyl sites for hydroxylation is 1. The zero-order valence-electron chi connectivity index (χ0n) is 10.0. The molecule has 1 aromatic heterocycles. The Balaban J connectivity index is 2.15. The normalized spacial score (nSPS) is 15.3. The molecule has 0 atom stereocenters. The lowest BCUT2D eigenvalue weighted by Crippen LogP contribution is -2.51. The molecule has 2 heterocycles. The van der Waals surface area contributed by atoms with Gasteiger partial charge in [-0.3, -0.25) is 0 Å². The summed E-state index contributed by atoms with van der Waals surface area (Å²) in [5.74, 6) is 1.09. The van der Waals surface area contributed by atoms with Gasteiger partial charge in [0.15, 0.2) is 5.82 Å². The first-order valence-electron chi connectivity index (χ1n) is 6.00. The molecule has 4 N–H and O–H groups in total. The second-order valence-electron chi connectivity index (χ2n) is 4.30. The van der Waals surface area contributed by atoms with Crippen LogP contribution in [0.2, 0.25) is 0 Å². The summed E-state index contributed by atoms with van der Waals surface area (Å²) in [7, 11) is 0. The first-order chi connectivity index (χ1) is 8.26. The molecule has 0 spiro atoms. The number of nitrogen functional groups attached to an aromatic ring is 1. The summed E-state index contributed by atoms with van der Waals surface area (Å²) >= 11 is 0. The van der Waals surface area contributed by atoms with Crippen molar-refractivity contribution in [2.45, 2.75) is 32.4 Å². The second-order valence-corrected chi connectivity index (χ2v) is 4.30. The molecule has 0 radical (unpaired) electrons. The van der Waals surface area contributed by atoms with Crippen LogP contribution in [0.15, 0.2) is 0 Å². The van der Waals surface area contributed by atoms with E-state index in [0.29, 0.717) is 23.2 Å². The Morgan fingerprint density at radius 2 is 2.41 bits per heavy atom. The maximum absolute atomic E-state index is 9.10. The predicted octanol–water partition coefficient (Wildman–Crippen LogP) is 0.521. The molecule has 0 amide bonds. The fourth-order valence-electron chi connectivity index (χ4n) is 1.75. The van der Waals surface area contributed by atoms with E-state index in [-0.39, 0.29) is 0 Å². The van der Waals surface area contributed by atoms with Gasteiger partial charge in [0.1, 0.15) is 17.5 Å². The van der Waals surface area contributed by atoms with Gasteiger partial charge < -0.3 is 16.4 Å². The fourth-order valence-corrected chi connectivity index (χ4v) is 1.75. The largest absolute Gasteiger partial charge is 0.383 e. The van der Waals surface area contributed by atoms with E-state index in [1.165, 1.54) is 0 Å². The highest BCUT2D eigenvalue weighted by Crippen LogP contribution is 2.22. The van der Waals surface area contributed by atoms with E-state index in [2.05, 4.69) is 28.7 Å². The number of nitrogens with two attached hydrogens (primary N) is 1. The van der Waals surface area contributed by atoms with Crippen LogP contribution in [0.5, 0.6) is 0 Å². The quantitative estimate of drug-likeness (QED) is 0.691. The van der Waals surface area contributed by atoms with Crippen molar-refractivity contribution in [3.63, 3.8) is 0 Å². The lowest BCUT2D eigenvalue weighted by atomic mass is 10.2. The van der Waals surface area contributed by atoms with E-state index in [0.717, 1.165) is 32.5 Å². The first kappa shape index (κ1) is 11.7. The summed E-state index contributed by atoms with van der Waals surface area (Å²) in [5.41, 5.74) is 6.38. The third-order valence-corrected chi connectivity index (χ3v) is 2.95. The molecule has 0 aliphatic carbocycles. The van der Waals surface area contributed by atoms with Crippen LogP contribution in [0, 0.1) is 11.3 Å². The molecule has 1 aromatic rings. The molecule has 0 aromatic carbocycles. The number of nitrogens with zero attached hydrogens (tertiary/aromatic N) is 3. The van der Waals surface area contributed by atoms with Gasteiger partial charge in [-0.1, -0.05) is 13.3 Å². The molecule has 2 rings (SSSR count). The third kappa shape index (κ3) is 2.34. The van der Waals surface area contributed by atoms with E-state index in [1.807, 2.05) is 0 Å². The van der Waals surface area contributed by atoms with Gasteiger partial charge in [0.2, 0.25) is 0 Å². The number of anilines is 2. The minimum atomic E-state index is 0.357. The Morgan fingerprint density at radius 3 is 2.94 bits per heavy atom. The summed E-state index contributed by atoms with van der Waals surface area (Å²) in [6, 6.07) is 2.48. The molecule has 92 valence electrons. The summed E-state index contributed by atoms with van der Waals surface area (Å²) < 4.78 is 1.72. The lowest BCUT2D eigenvalue weighted by Gasteiger charge is -2.27. The fraction of sp³-hybridized carbons (Fsp3) is 0.636. The summed E-state index contributed by atoms with van der Waals surface area (Å²) in [6.45, 7) is 4.70. The van der Waals surface area contributed by atoms with Gasteiger partial charge in [-0.05, 0) is 6.42 Å². The van der Waals surface area contributed by atoms with E-state index < -0.39 is 0 Å². The van der Waals surface area contributed by atoms with Crippen molar-refractivity contribution in [3.8, 4) is 6.07 Å². The highest BCUT2D eigenvalue weighted by Gasteiger charge is 2.21. The van der Waals surface area contributed by atoms with Crippen molar-refractivity contribution in [3.05, 3.63) is 5.56 Å². The van der Waals surface area contributed by atoms with Gasteiger partial charge in [0.05, 0.1) is 6.04 Å². The predicted molar refractivity (Wildman–Crippen MR) is 66.5 cm³/mol. The number of nitrogens with one attached hydrogen (secondary N) is 2. The van der Waals surface area contributed by atoms with Gasteiger partial charge >= 0.3 is 0 Å². The van der Waals surface area contributed by atoms with Crippen molar-refractivity contribution in [1.29, 1.82) is 5.26 Å². The van der Waals surface area contributed by atoms with Gasteiger partial charge in [-0.2, -0.15) is 10.4 Å². The number of hydrogen-bond acceptors (Lipinski definition) is 5. The van der Waals surface area contributed by atoms with E-state index in [9.17, 15) is 0 Å². The summed E-state index contributed by atoms with van der Waals surface area (Å²) in [4.78, 5) is 0. The SMILES string of the molecule is CCCCn1nc(NC2CNC2)c(C#N)c1N. The minimum absolute atomic E-state index is 0.357. The van der Waals surface area contributed by atoms with Crippen LogP contribution >= 0.6 is 0 Å².